The van der Waals surface area contributed by atoms with Crippen LogP contribution in [-0.4, -0.2) is 35.6 Å². The van der Waals surface area contributed by atoms with Gasteiger partial charge in [-0.1, -0.05) is 41.6 Å². The summed E-state index contributed by atoms with van der Waals surface area (Å²) in [4.78, 5) is 26.2. The van der Waals surface area contributed by atoms with Crippen LogP contribution in [0.15, 0.2) is 34.9 Å². The summed E-state index contributed by atoms with van der Waals surface area (Å²) in [5.41, 5.74) is 2.64. The van der Waals surface area contributed by atoms with Gasteiger partial charge in [-0.05, 0) is 25.3 Å². The van der Waals surface area contributed by atoms with Crippen molar-refractivity contribution in [2.24, 2.45) is 0 Å². The first-order chi connectivity index (χ1) is 12.1. The normalized spacial score (nSPS) is 20.4. The van der Waals surface area contributed by atoms with Crippen molar-refractivity contribution < 1.29 is 9.59 Å². The van der Waals surface area contributed by atoms with E-state index in [1.54, 1.807) is 0 Å². The average Bonchev–Trinajstić information content (AvgIpc) is 3.14. The van der Waals surface area contributed by atoms with E-state index in [9.17, 15) is 14.9 Å². The maximum Gasteiger partial charge on any atom is 0.232 e. The fourth-order valence-electron chi connectivity index (χ4n) is 3.21. The third kappa shape index (κ3) is 4.05. The van der Waals surface area contributed by atoms with Crippen LogP contribution in [0.5, 0.6) is 0 Å². The number of hydrogen-bond acceptors (Lipinski definition) is 4. The average molecular weight is 355 g/mol. The number of rotatable bonds is 4. The van der Waals surface area contributed by atoms with Crippen molar-refractivity contribution in [3.05, 3.63) is 46.0 Å². The van der Waals surface area contributed by atoms with Gasteiger partial charge in [0.15, 0.2) is 0 Å². The molecule has 1 unspecified atom stereocenters. The summed E-state index contributed by atoms with van der Waals surface area (Å²) in [7, 11) is 0. The lowest BCUT2D eigenvalue weighted by molar-refractivity contribution is -0.127. The first-order valence-electron chi connectivity index (χ1n) is 8.49. The molecular formula is C19H21N3O2S. The van der Waals surface area contributed by atoms with Crippen LogP contribution in [0, 0.1) is 18.3 Å². The number of benzene rings is 1. The second-order valence-corrected chi connectivity index (χ2v) is 7.43. The predicted molar refractivity (Wildman–Crippen MR) is 97.6 cm³/mol. The fraction of sp³-hybridized carbons (Fsp3) is 0.421. The van der Waals surface area contributed by atoms with Crippen LogP contribution in [0.2, 0.25) is 0 Å². The Morgan fingerprint density at radius 3 is 2.64 bits per heavy atom. The molecule has 25 heavy (non-hydrogen) atoms. The van der Waals surface area contributed by atoms with E-state index in [0.717, 1.165) is 37.1 Å². The van der Waals surface area contributed by atoms with Gasteiger partial charge in [-0.2, -0.15) is 5.26 Å². The molecule has 1 N–H and O–H groups in total. The first kappa shape index (κ1) is 17.6. The molecule has 6 heteroatoms. The first-order valence-corrected chi connectivity index (χ1v) is 9.48. The topological polar surface area (TPSA) is 73.2 Å². The number of carbonyl (C=O) groups excluding carboxylic acids is 2. The third-order valence-electron chi connectivity index (χ3n) is 4.63. The van der Waals surface area contributed by atoms with Crippen molar-refractivity contribution in [3.8, 4) is 6.07 Å². The van der Waals surface area contributed by atoms with Crippen molar-refractivity contribution >= 4 is 23.6 Å². The summed E-state index contributed by atoms with van der Waals surface area (Å²) >= 11 is 1.26. The molecule has 2 amide bonds. The van der Waals surface area contributed by atoms with Crippen molar-refractivity contribution in [1.29, 1.82) is 5.26 Å². The Morgan fingerprint density at radius 1 is 1.32 bits per heavy atom. The van der Waals surface area contributed by atoms with Gasteiger partial charge < -0.3 is 10.2 Å². The van der Waals surface area contributed by atoms with Crippen molar-refractivity contribution in [2.45, 2.75) is 32.1 Å². The number of aryl methyl sites for hydroxylation is 1. The van der Waals surface area contributed by atoms with Gasteiger partial charge in [0, 0.05) is 25.4 Å². The van der Waals surface area contributed by atoms with Crippen LogP contribution in [0.3, 0.4) is 0 Å². The van der Waals surface area contributed by atoms with Gasteiger partial charge in [0.2, 0.25) is 11.8 Å². The summed E-state index contributed by atoms with van der Waals surface area (Å²) in [6.07, 6.45) is 2.36. The number of amides is 2. The minimum absolute atomic E-state index is 0.0685. The molecule has 0 spiro atoms. The summed E-state index contributed by atoms with van der Waals surface area (Å²) < 4.78 is 0. The van der Waals surface area contributed by atoms with Crippen LogP contribution in [-0.2, 0) is 9.59 Å². The molecule has 1 atom stereocenters. The lowest BCUT2D eigenvalue weighted by Crippen LogP contribution is -2.33. The van der Waals surface area contributed by atoms with Crippen LogP contribution < -0.4 is 5.32 Å². The zero-order valence-corrected chi connectivity index (χ0v) is 15.1. The smallest absolute Gasteiger partial charge is 0.232 e. The van der Waals surface area contributed by atoms with E-state index in [0.29, 0.717) is 10.6 Å². The molecule has 5 nitrogen and oxygen atoms in total. The maximum absolute atomic E-state index is 12.2. The van der Waals surface area contributed by atoms with Crippen LogP contribution in [0.1, 0.15) is 36.3 Å². The van der Waals surface area contributed by atoms with Crippen LogP contribution in [0.4, 0.5) is 0 Å². The Hall–Kier alpha value is -2.26. The Bertz CT molecular complexity index is 743. The number of nitriles is 1. The van der Waals surface area contributed by atoms with Gasteiger partial charge >= 0.3 is 0 Å². The molecule has 0 saturated carbocycles. The third-order valence-corrected chi connectivity index (χ3v) is 5.64. The molecule has 1 saturated heterocycles. The fourth-order valence-corrected chi connectivity index (χ4v) is 4.19. The van der Waals surface area contributed by atoms with E-state index in [1.807, 2.05) is 36.1 Å². The SMILES string of the molecule is Cc1ccc(C2CC(=O)NC(SCC(=O)N3CCCC3)=C2C#N)cc1. The highest BCUT2D eigenvalue weighted by atomic mass is 32.2. The quantitative estimate of drug-likeness (QED) is 0.901. The van der Waals surface area contributed by atoms with Gasteiger partial charge in [0.05, 0.1) is 22.4 Å². The Labute approximate surface area is 152 Å². The van der Waals surface area contributed by atoms with Crippen molar-refractivity contribution in [3.63, 3.8) is 0 Å². The number of allylic oxidation sites excluding steroid dienone is 1. The zero-order valence-electron chi connectivity index (χ0n) is 14.2. The van der Waals surface area contributed by atoms with Gasteiger partial charge in [0.1, 0.15) is 0 Å². The Morgan fingerprint density at radius 2 is 2.00 bits per heavy atom. The van der Waals surface area contributed by atoms with E-state index in [2.05, 4.69) is 11.4 Å². The number of nitrogens with one attached hydrogen (secondary N) is 1. The molecule has 0 aromatic heterocycles. The maximum atomic E-state index is 12.2. The van der Waals surface area contributed by atoms with E-state index in [4.69, 9.17) is 0 Å². The highest BCUT2D eigenvalue weighted by molar-refractivity contribution is 8.03. The van der Waals surface area contributed by atoms with Gasteiger partial charge in [-0.3, -0.25) is 9.59 Å². The summed E-state index contributed by atoms with van der Waals surface area (Å²) in [6, 6.07) is 10.2. The molecule has 2 aliphatic heterocycles. The van der Waals surface area contributed by atoms with Crippen molar-refractivity contribution in [1.82, 2.24) is 10.2 Å². The Kier molecular flexibility index (Phi) is 5.44. The van der Waals surface area contributed by atoms with E-state index in [1.165, 1.54) is 11.8 Å². The predicted octanol–water partition coefficient (Wildman–Crippen LogP) is 2.69. The highest BCUT2D eigenvalue weighted by Crippen LogP contribution is 2.36. The van der Waals surface area contributed by atoms with E-state index < -0.39 is 0 Å². The number of thioether (sulfide) groups is 1. The number of nitrogens with zero attached hydrogens (tertiary/aromatic N) is 2. The number of carbonyl (C=O) groups is 2. The summed E-state index contributed by atoms with van der Waals surface area (Å²) in [5, 5.41) is 13.0. The molecule has 2 aliphatic rings. The number of hydrogen-bond donors (Lipinski definition) is 1. The van der Waals surface area contributed by atoms with E-state index >= 15 is 0 Å². The molecule has 1 fully saturated rings. The molecule has 1 aromatic carbocycles. The van der Waals surface area contributed by atoms with Crippen LogP contribution >= 0.6 is 11.8 Å². The molecule has 130 valence electrons. The van der Waals surface area contributed by atoms with Crippen LogP contribution in [0.25, 0.3) is 0 Å². The molecule has 3 rings (SSSR count). The Balaban J connectivity index is 1.79. The molecular weight excluding hydrogens is 334 g/mol. The second kappa shape index (κ2) is 7.75. The standard InChI is InChI=1S/C19H21N3O2S/c1-13-4-6-14(7-5-13)15-10-17(23)21-19(16(15)11-20)25-12-18(24)22-8-2-3-9-22/h4-7,15H,2-3,8-10,12H2,1H3,(H,21,23). The minimum atomic E-state index is -0.247. The molecule has 0 bridgehead atoms. The molecule has 2 heterocycles. The van der Waals surface area contributed by atoms with Gasteiger partial charge in [-0.25, -0.2) is 0 Å². The molecule has 0 aliphatic carbocycles. The van der Waals surface area contributed by atoms with Crippen molar-refractivity contribution in [2.75, 3.05) is 18.8 Å². The highest BCUT2D eigenvalue weighted by Gasteiger charge is 2.30. The monoisotopic (exact) mass is 355 g/mol. The summed E-state index contributed by atoms with van der Waals surface area (Å²) in [5.74, 6) is -0.0371. The van der Waals surface area contributed by atoms with Gasteiger partial charge in [-0.15, -0.1) is 0 Å². The lowest BCUT2D eigenvalue weighted by Gasteiger charge is -2.25. The largest absolute Gasteiger partial charge is 0.342 e. The second-order valence-electron chi connectivity index (χ2n) is 6.45. The molecule has 1 aromatic rings. The number of likely N-dealkylation sites (tertiary alicyclic amines) is 1. The summed E-state index contributed by atoms with van der Waals surface area (Å²) in [6.45, 7) is 3.62. The zero-order chi connectivity index (χ0) is 17.8. The molecule has 0 radical (unpaired) electrons. The lowest BCUT2D eigenvalue weighted by atomic mass is 9.87. The van der Waals surface area contributed by atoms with E-state index in [-0.39, 0.29) is 29.9 Å². The minimum Gasteiger partial charge on any atom is -0.342 e. The van der Waals surface area contributed by atoms with Gasteiger partial charge in [0.25, 0.3) is 0 Å².